The highest BCUT2D eigenvalue weighted by molar-refractivity contribution is 5.90. The van der Waals surface area contributed by atoms with Crippen molar-refractivity contribution in [1.29, 1.82) is 5.26 Å². The van der Waals surface area contributed by atoms with E-state index in [1.165, 1.54) is 6.42 Å². The summed E-state index contributed by atoms with van der Waals surface area (Å²) in [6.45, 7) is 1.76. The average molecular weight is 254 g/mol. The molecule has 19 heavy (non-hydrogen) atoms. The number of H-pyrrole nitrogens is 1. The highest BCUT2D eigenvalue weighted by Crippen LogP contribution is 2.27. The average Bonchev–Trinajstić information content (AvgIpc) is 2.46. The third-order valence-corrected chi connectivity index (χ3v) is 3.53. The Labute approximate surface area is 110 Å². The van der Waals surface area contributed by atoms with Gasteiger partial charge in [-0.2, -0.15) is 5.26 Å². The van der Waals surface area contributed by atoms with E-state index in [9.17, 15) is 10.1 Å². The summed E-state index contributed by atoms with van der Waals surface area (Å²) < 4.78 is 0. The highest BCUT2D eigenvalue weighted by Gasteiger charge is 2.20. The summed E-state index contributed by atoms with van der Waals surface area (Å²) in [5, 5.41) is 9.26. The Kier molecular flexibility index (Phi) is 2.92. The Balaban J connectivity index is 2.30. The molecule has 5 heteroatoms. The van der Waals surface area contributed by atoms with Crippen LogP contribution in [0.1, 0.15) is 24.8 Å². The zero-order valence-electron chi connectivity index (χ0n) is 10.5. The smallest absolute Gasteiger partial charge is 0.268 e. The number of nitrogens with one attached hydrogen (secondary N) is 1. The van der Waals surface area contributed by atoms with Crippen LogP contribution < -0.4 is 10.5 Å². The molecule has 5 nitrogen and oxygen atoms in total. The summed E-state index contributed by atoms with van der Waals surface area (Å²) in [4.78, 5) is 21.2. The number of fused-ring (bicyclic) bond motifs is 1. The molecule has 2 aromatic heterocycles. The zero-order valence-corrected chi connectivity index (χ0v) is 10.5. The van der Waals surface area contributed by atoms with Gasteiger partial charge in [0.25, 0.3) is 5.56 Å². The first-order valence-corrected chi connectivity index (χ1v) is 6.47. The Morgan fingerprint density at radius 3 is 2.84 bits per heavy atom. The van der Waals surface area contributed by atoms with Crippen LogP contribution in [-0.4, -0.2) is 23.1 Å². The molecular formula is C14H14N4O. The number of nitrogens with zero attached hydrogens (tertiary/aromatic N) is 3. The molecule has 0 spiro atoms. The number of nitriles is 1. The van der Waals surface area contributed by atoms with Crippen molar-refractivity contribution in [2.75, 3.05) is 18.0 Å². The van der Waals surface area contributed by atoms with Crippen LogP contribution in [0.25, 0.3) is 11.0 Å². The predicted molar refractivity (Wildman–Crippen MR) is 73.1 cm³/mol. The van der Waals surface area contributed by atoms with Crippen molar-refractivity contribution in [1.82, 2.24) is 9.97 Å². The molecule has 96 valence electrons. The van der Waals surface area contributed by atoms with Crippen LogP contribution in [-0.2, 0) is 0 Å². The number of aromatic amines is 1. The lowest BCUT2D eigenvalue weighted by atomic mass is 10.1. The molecule has 1 N–H and O–H groups in total. The molecule has 0 amide bonds. The minimum Gasteiger partial charge on any atom is -0.368 e. The molecule has 1 fully saturated rings. The van der Waals surface area contributed by atoms with Gasteiger partial charge < -0.3 is 9.88 Å². The first-order valence-electron chi connectivity index (χ1n) is 6.47. The van der Waals surface area contributed by atoms with E-state index in [-0.39, 0.29) is 11.1 Å². The van der Waals surface area contributed by atoms with E-state index in [0.717, 1.165) is 25.9 Å². The molecule has 0 atom stereocenters. The van der Waals surface area contributed by atoms with Gasteiger partial charge in [-0.3, -0.25) is 9.78 Å². The van der Waals surface area contributed by atoms with Gasteiger partial charge in [0.15, 0.2) is 0 Å². The van der Waals surface area contributed by atoms with Gasteiger partial charge in [0.05, 0.1) is 11.2 Å². The molecule has 0 radical (unpaired) electrons. The van der Waals surface area contributed by atoms with Crippen molar-refractivity contribution in [2.45, 2.75) is 19.3 Å². The Bertz CT molecular complexity index is 707. The molecule has 3 rings (SSSR count). The number of aromatic nitrogens is 2. The van der Waals surface area contributed by atoms with Crippen LogP contribution in [0.3, 0.4) is 0 Å². The van der Waals surface area contributed by atoms with Gasteiger partial charge in [-0.1, -0.05) is 0 Å². The van der Waals surface area contributed by atoms with Crippen molar-refractivity contribution in [3.63, 3.8) is 0 Å². The van der Waals surface area contributed by atoms with Crippen LogP contribution in [0.2, 0.25) is 0 Å². The Morgan fingerprint density at radius 2 is 2.11 bits per heavy atom. The summed E-state index contributed by atoms with van der Waals surface area (Å²) in [6, 6.07) is 5.63. The lowest BCUT2D eigenvalue weighted by Gasteiger charge is -2.29. The number of hydrogen-bond donors (Lipinski definition) is 1. The van der Waals surface area contributed by atoms with Crippen molar-refractivity contribution >= 4 is 16.7 Å². The Morgan fingerprint density at radius 1 is 1.32 bits per heavy atom. The van der Waals surface area contributed by atoms with Crippen LogP contribution in [0.15, 0.2) is 23.1 Å². The van der Waals surface area contributed by atoms with Gasteiger partial charge in [0.2, 0.25) is 0 Å². The summed E-state index contributed by atoms with van der Waals surface area (Å²) >= 11 is 0. The topological polar surface area (TPSA) is 72.8 Å². The second kappa shape index (κ2) is 4.73. The fourth-order valence-electron chi connectivity index (χ4n) is 2.63. The second-order valence-electron chi connectivity index (χ2n) is 4.74. The molecule has 3 heterocycles. The normalized spacial score (nSPS) is 15.4. The fourth-order valence-corrected chi connectivity index (χ4v) is 2.63. The summed E-state index contributed by atoms with van der Waals surface area (Å²) in [6.07, 6.45) is 5.07. The summed E-state index contributed by atoms with van der Waals surface area (Å²) in [7, 11) is 0. The third kappa shape index (κ3) is 1.95. The first-order chi connectivity index (χ1) is 9.31. The lowest BCUT2D eigenvalue weighted by molar-refractivity contribution is 0.578. The maximum atomic E-state index is 12.0. The number of rotatable bonds is 1. The minimum absolute atomic E-state index is 0.174. The maximum absolute atomic E-state index is 12.0. The van der Waals surface area contributed by atoms with Crippen molar-refractivity contribution in [3.05, 3.63) is 34.2 Å². The summed E-state index contributed by atoms with van der Waals surface area (Å²) in [5.41, 5.74) is 1.94. The van der Waals surface area contributed by atoms with E-state index in [4.69, 9.17) is 0 Å². The van der Waals surface area contributed by atoms with E-state index in [2.05, 4.69) is 14.9 Å². The quantitative estimate of drug-likeness (QED) is 0.842. The van der Waals surface area contributed by atoms with Crippen LogP contribution in [0.4, 0.5) is 5.69 Å². The zero-order chi connectivity index (χ0) is 13.2. The number of hydrogen-bond acceptors (Lipinski definition) is 4. The second-order valence-corrected chi connectivity index (χ2v) is 4.74. The largest absolute Gasteiger partial charge is 0.368 e. The predicted octanol–water partition coefficient (Wildman–Crippen LogP) is 1.79. The molecule has 0 bridgehead atoms. The molecule has 0 unspecified atom stereocenters. The van der Waals surface area contributed by atoms with Crippen molar-refractivity contribution in [2.24, 2.45) is 0 Å². The lowest BCUT2D eigenvalue weighted by Crippen LogP contribution is -2.32. The monoisotopic (exact) mass is 254 g/mol. The number of piperidine rings is 1. The maximum Gasteiger partial charge on any atom is 0.268 e. The Hall–Kier alpha value is -2.35. The van der Waals surface area contributed by atoms with Crippen LogP contribution in [0, 0.1) is 11.3 Å². The third-order valence-electron chi connectivity index (χ3n) is 3.53. The van der Waals surface area contributed by atoms with Gasteiger partial charge in [-0.15, -0.1) is 0 Å². The van der Waals surface area contributed by atoms with E-state index in [1.807, 2.05) is 12.1 Å². The van der Waals surface area contributed by atoms with Crippen molar-refractivity contribution < 1.29 is 0 Å². The molecule has 0 aliphatic carbocycles. The van der Waals surface area contributed by atoms with Gasteiger partial charge in [0.1, 0.15) is 17.1 Å². The van der Waals surface area contributed by atoms with Crippen LogP contribution in [0.5, 0.6) is 0 Å². The SMILES string of the molecule is N#Cc1c(N2CCCCC2)c2ncccc2[nH]c1=O. The minimum atomic E-state index is -0.330. The number of pyridine rings is 2. The molecule has 0 aromatic carbocycles. The van der Waals surface area contributed by atoms with E-state index < -0.39 is 0 Å². The molecule has 1 aliphatic heterocycles. The van der Waals surface area contributed by atoms with Crippen molar-refractivity contribution in [3.8, 4) is 6.07 Å². The first kappa shape index (κ1) is 11.7. The fraction of sp³-hybridized carbons (Fsp3) is 0.357. The molecule has 1 aliphatic rings. The molecule has 0 saturated carbocycles. The number of anilines is 1. The van der Waals surface area contributed by atoms with Gasteiger partial charge in [-0.05, 0) is 31.4 Å². The highest BCUT2D eigenvalue weighted by atomic mass is 16.1. The van der Waals surface area contributed by atoms with Gasteiger partial charge in [-0.25, -0.2) is 0 Å². The van der Waals surface area contributed by atoms with E-state index in [1.54, 1.807) is 12.3 Å². The van der Waals surface area contributed by atoms with E-state index >= 15 is 0 Å². The summed E-state index contributed by atoms with van der Waals surface area (Å²) in [5.74, 6) is 0. The molecular weight excluding hydrogens is 240 g/mol. The molecule has 1 saturated heterocycles. The molecule has 2 aromatic rings. The van der Waals surface area contributed by atoms with Gasteiger partial charge in [0, 0.05) is 19.3 Å². The van der Waals surface area contributed by atoms with E-state index in [0.29, 0.717) is 16.7 Å². The van der Waals surface area contributed by atoms with Gasteiger partial charge >= 0.3 is 0 Å². The standard InChI is InChI=1S/C14H14N4O/c15-9-10-13(18-7-2-1-3-8-18)12-11(17-14(10)19)5-4-6-16-12/h4-6H,1-3,7-8H2,(H,17,19). The van der Waals surface area contributed by atoms with Crippen LogP contribution >= 0.6 is 0 Å².